The van der Waals surface area contributed by atoms with Gasteiger partial charge in [0.15, 0.2) is 0 Å². The molecule has 0 saturated heterocycles. The summed E-state index contributed by atoms with van der Waals surface area (Å²) in [6, 6.07) is 40.2. The summed E-state index contributed by atoms with van der Waals surface area (Å²) in [6.07, 6.45) is 0. The highest BCUT2D eigenvalue weighted by Crippen LogP contribution is 2.41. The number of nitrogens with zero attached hydrogens (tertiary/aromatic N) is 2. The summed E-state index contributed by atoms with van der Waals surface area (Å²) in [7, 11) is 0. The summed E-state index contributed by atoms with van der Waals surface area (Å²) in [5, 5.41) is 2.66. The Morgan fingerprint density at radius 2 is 1.18 bits per heavy atom. The first-order valence-corrected chi connectivity index (χ1v) is 11.9. The van der Waals surface area contributed by atoms with Gasteiger partial charge in [-0.2, -0.15) is 0 Å². The zero-order chi connectivity index (χ0) is 22.4. The molecule has 0 N–H and O–H groups in total. The molecule has 34 heavy (non-hydrogen) atoms. The van der Waals surface area contributed by atoms with Crippen LogP contribution in [0.4, 0.5) is 17.1 Å². The summed E-state index contributed by atoms with van der Waals surface area (Å²) in [4.78, 5) is 2.47. The van der Waals surface area contributed by atoms with E-state index in [0.717, 1.165) is 0 Å². The number of fused-ring (bicyclic) bond motifs is 7. The third kappa shape index (κ3) is 2.12. The van der Waals surface area contributed by atoms with Crippen LogP contribution in [-0.2, 0) is 0 Å². The molecule has 2 nitrogen and oxygen atoms in total. The van der Waals surface area contributed by atoms with Crippen LogP contribution < -0.4 is 21.3 Å². The molecule has 2 aliphatic heterocycles. The van der Waals surface area contributed by atoms with Crippen molar-refractivity contribution in [2.75, 3.05) is 4.90 Å². The summed E-state index contributed by atoms with van der Waals surface area (Å²) in [6.45, 7) is 2.42. The van der Waals surface area contributed by atoms with Gasteiger partial charge < -0.3 is 9.47 Å². The Hall–Kier alpha value is -4.24. The van der Waals surface area contributed by atoms with E-state index in [9.17, 15) is 0 Å². The van der Waals surface area contributed by atoms with E-state index in [-0.39, 0.29) is 6.71 Å². The number of anilines is 3. The fourth-order valence-electron chi connectivity index (χ4n) is 6.37. The first-order valence-electron chi connectivity index (χ1n) is 11.9. The molecule has 1 aromatic heterocycles. The minimum atomic E-state index is 0.211. The van der Waals surface area contributed by atoms with Gasteiger partial charge in [0, 0.05) is 39.0 Å². The van der Waals surface area contributed by atoms with Crippen LogP contribution in [0, 0.1) is 6.92 Å². The summed E-state index contributed by atoms with van der Waals surface area (Å²) >= 11 is 0. The normalized spacial score (nSPS) is 13.3. The topological polar surface area (TPSA) is 8.17 Å². The van der Waals surface area contributed by atoms with E-state index in [1.807, 2.05) is 0 Å². The second-order valence-corrected chi connectivity index (χ2v) is 9.42. The fraction of sp³-hybridized carbons (Fsp3) is 0.0323. The molecule has 2 aliphatic rings. The molecule has 0 spiro atoms. The quantitative estimate of drug-likeness (QED) is 0.302. The summed E-state index contributed by atoms with van der Waals surface area (Å²) in [5.74, 6) is 0. The van der Waals surface area contributed by atoms with E-state index in [1.165, 1.54) is 66.5 Å². The van der Waals surface area contributed by atoms with Crippen molar-refractivity contribution in [3.63, 3.8) is 0 Å². The molecule has 0 radical (unpaired) electrons. The first kappa shape index (κ1) is 18.2. The largest absolute Gasteiger partial charge is 0.311 e. The number of hydrogen-bond donors (Lipinski definition) is 0. The molecule has 0 fully saturated rings. The average Bonchev–Trinajstić information content (AvgIpc) is 3.23. The highest BCUT2D eigenvalue weighted by atomic mass is 15.2. The molecule has 3 heteroatoms. The second kappa shape index (κ2) is 6.42. The number of rotatable bonds is 1. The zero-order valence-electron chi connectivity index (χ0n) is 18.9. The van der Waals surface area contributed by atoms with E-state index in [1.54, 1.807) is 0 Å². The van der Waals surface area contributed by atoms with Crippen molar-refractivity contribution >= 4 is 62.0 Å². The van der Waals surface area contributed by atoms with Gasteiger partial charge in [-0.15, -0.1) is 0 Å². The molecule has 0 aliphatic carbocycles. The molecular weight excluding hydrogens is 411 g/mol. The van der Waals surface area contributed by atoms with Crippen molar-refractivity contribution in [1.82, 2.24) is 4.57 Å². The Kier molecular flexibility index (Phi) is 3.44. The number of aromatic nitrogens is 1. The van der Waals surface area contributed by atoms with E-state index in [0.29, 0.717) is 0 Å². The van der Waals surface area contributed by atoms with Crippen LogP contribution in [0.5, 0.6) is 0 Å². The van der Waals surface area contributed by atoms with E-state index in [2.05, 4.69) is 126 Å². The van der Waals surface area contributed by atoms with Gasteiger partial charge in [0.2, 0.25) is 0 Å². The van der Waals surface area contributed by atoms with Crippen LogP contribution >= 0.6 is 0 Å². The highest BCUT2D eigenvalue weighted by molar-refractivity contribution is 7.00. The van der Waals surface area contributed by atoms with Crippen molar-refractivity contribution in [2.24, 2.45) is 0 Å². The van der Waals surface area contributed by atoms with E-state index >= 15 is 0 Å². The molecular formula is C31H21BN2. The Morgan fingerprint density at radius 1 is 0.529 bits per heavy atom. The first-order chi connectivity index (χ1) is 16.8. The predicted molar refractivity (Wildman–Crippen MR) is 145 cm³/mol. The molecule has 0 atom stereocenters. The molecule has 6 aromatic rings. The lowest BCUT2D eigenvalue weighted by Gasteiger charge is -2.40. The van der Waals surface area contributed by atoms with Crippen molar-refractivity contribution in [3.8, 4) is 5.69 Å². The molecule has 0 amide bonds. The third-order valence-electron chi connectivity index (χ3n) is 7.71. The average molecular weight is 432 g/mol. The SMILES string of the molecule is Cc1ccccc1N1c2ccccc2B2c3c1cccc3-n1c3ccccc3c3cccc2c31. The lowest BCUT2D eigenvalue weighted by Crippen LogP contribution is -2.60. The van der Waals surface area contributed by atoms with Gasteiger partial charge in [0.05, 0.1) is 5.52 Å². The van der Waals surface area contributed by atoms with Crippen LogP contribution in [0.25, 0.3) is 27.5 Å². The van der Waals surface area contributed by atoms with Gasteiger partial charge in [0.25, 0.3) is 6.71 Å². The Balaban J connectivity index is 1.58. The molecule has 0 saturated carbocycles. The van der Waals surface area contributed by atoms with Crippen molar-refractivity contribution in [3.05, 3.63) is 115 Å². The van der Waals surface area contributed by atoms with Crippen molar-refractivity contribution in [1.29, 1.82) is 0 Å². The highest BCUT2D eigenvalue weighted by Gasteiger charge is 2.41. The molecule has 5 aromatic carbocycles. The Bertz CT molecular complexity index is 1800. The monoisotopic (exact) mass is 432 g/mol. The fourth-order valence-corrected chi connectivity index (χ4v) is 6.37. The van der Waals surface area contributed by atoms with Gasteiger partial charge >= 0.3 is 0 Å². The molecule has 8 rings (SSSR count). The zero-order valence-corrected chi connectivity index (χ0v) is 18.9. The van der Waals surface area contributed by atoms with Crippen molar-refractivity contribution < 1.29 is 0 Å². The van der Waals surface area contributed by atoms with Gasteiger partial charge in [0.1, 0.15) is 0 Å². The molecule has 3 heterocycles. The second-order valence-electron chi connectivity index (χ2n) is 9.42. The molecule has 158 valence electrons. The van der Waals surface area contributed by atoms with Crippen LogP contribution in [0.15, 0.2) is 109 Å². The molecule has 0 bridgehead atoms. The van der Waals surface area contributed by atoms with Gasteiger partial charge in [-0.3, -0.25) is 0 Å². The lowest BCUT2D eigenvalue weighted by atomic mass is 9.34. The number of benzene rings is 5. The van der Waals surface area contributed by atoms with E-state index in [4.69, 9.17) is 0 Å². The third-order valence-corrected chi connectivity index (χ3v) is 7.71. The van der Waals surface area contributed by atoms with Gasteiger partial charge in [-0.1, -0.05) is 78.9 Å². The maximum Gasteiger partial charge on any atom is 0.252 e. The van der Waals surface area contributed by atoms with Crippen LogP contribution in [0.1, 0.15) is 5.56 Å². The predicted octanol–water partition coefficient (Wildman–Crippen LogP) is 5.70. The van der Waals surface area contributed by atoms with Gasteiger partial charge in [-0.05, 0) is 59.2 Å². The standard InChI is InChI=1S/C31H21BN2/c1-20-10-2-5-15-25(20)33-27-17-7-4-13-23(27)32-24-14-8-12-22-21-11-3-6-16-26(21)34(31(22)24)29-19-9-18-28(33)30(29)32/h2-19H,1H3. The molecule has 0 unspecified atom stereocenters. The smallest absolute Gasteiger partial charge is 0.252 e. The maximum absolute atomic E-state index is 2.50. The Labute approximate surface area is 198 Å². The van der Waals surface area contributed by atoms with Crippen LogP contribution in [0.3, 0.4) is 0 Å². The number of aryl methyl sites for hydroxylation is 1. The minimum Gasteiger partial charge on any atom is -0.311 e. The van der Waals surface area contributed by atoms with E-state index < -0.39 is 0 Å². The Morgan fingerprint density at radius 3 is 2.09 bits per heavy atom. The minimum absolute atomic E-state index is 0.211. The summed E-state index contributed by atoms with van der Waals surface area (Å²) < 4.78 is 2.50. The summed E-state index contributed by atoms with van der Waals surface area (Å²) in [5.41, 5.74) is 13.1. The number of hydrogen-bond acceptors (Lipinski definition) is 1. The maximum atomic E-state index is 2.50. The van der Waals surface area contributed by atoms with Crippen molar-refractivity contribution in [2.45, 2.75) is 6.92 Å². The van der Waals surface area contributed by atoms with Crippen LogP contribution in [-0.4, -0.2) is 11.3 Å². The lowest BCUT2D eigenvalue weighted by molar-refractivity contribution is 1.17. The number of para-hydroxylation sites is 4. The van der Waals surface area contributed by atoms with Crippen LogP contribution in [0.2, 0.25) is 0 Å². The van der Waals surface area contributed by atoms with Gasteiger partial charge in [-0.25, -0.2) is 0 Å².